The summed E-state index contributed by atoms with van der Waals surface area (Å²) in [5.41, 5.74) is 4.03. The van der Waals surface area contributed by atoms with Gasteiger partial charge >= 0.3 is 0 Å². The van der Waals surface area contributed by atoms with E-state index in [-0.39, 0.29) is 0 Å². The molecule has 1 aromatic rings. The second-order valence-electron chi connectivity index (χ2n) is 5.52. The number of allylic oxidation sites excluding steroid dienone is 2. The van der Waals surface area contributed by atoms with Crippen LogP contribution < -0.4 is 4.74 Å². The Morgan fingerprint density at radius 3 is 2.89 bits per heavy atom. The van der Waals surface area contributed by atoms with Gasteiger partial charge in [0, 0.05) is 12.8 Å². The van der Waals surface area contributed by atoms with Crippen LogP contribution in [0.5, 0.6) is 5.75 Å². The standard InChI is InChI=1S/C17H20O2/c18-16-4-2-1-3-13(12-16)5-6-14-7-8-17-15(11-14)9-10-19-17/h7-8,11-12H,1-6,9-10H2. The number of carbonyl (C=O) groups is 1. The van der Waals surface area contributed by atoms with Gasteiger partial charge in [0.2, 0.25) is 0 Å². The van der Waals surface area contributed by atoms with Gasteiger partial charge in [-0.15, -0.1) is 0 Å². The third kappa shape index (κ3) is 3.06. The molecule has 0 amide bonds. The number of hydrogen-bond donors (Lipinski definition) is 0. The van der Waals surface area contributed by atoms with Crippen molar-refractivity contribution < 1.29 is 9.53 Å². The van der Waals surface area contributed by atoms with E-state index in [2.05, 4.69) is 18.2 Å². The van der Waals surface area contributed by atoms with E-state index in [4.69, 9.17) is 4.74 Å². The lowest BCUT2D eigenvalue weighted by Crippen LogP contribution is -1.93. The molecule has 0 radical (unpaired) electrons. The van der Waals surface area contributed by atoms with Crippen LogP contribution in [0.4, 0.5) is 0 Å². The van der Waals surface area contributed by atoms with E-state index in [1.165, 1.54) is 16.7 Å². The number of aryl methyl sites for hydroxylation is 1. The van der Waals surface area contributed by atoms with E-state index in [0.717, 1.165) is 57.3 Å². The van der Waals surface area contributed by atoms with E-state index in [1.807, 2.05) is 6.08 Å². The first-order valence-electron chi connectivity index (χ1n) is 7.28. The summed E-state index contributed by atoms with van der Waals surface area (Å²) in [6, 6.07) is 6.51. The zero-order chi connectivity index (χ0) is 13.1. The number of hydrogen-bond acceptors (Lipinski definition) is 2. The highest BCUT2D eigenvalue weighted by molar-refractivity contribution is 5.90. The molecule has 3 rings (SSSR count). The Kier molecular flexibility index (Phi) is 3.67. The van der Waals surface area contributed by atoms with Gasteiger partial charge in [0.15, 0.2) is 5.78 Å². The van der Waals surface area contributed by atoms with Crippen molar-refractivity contribution in [3.05, 3.63) is 41.0 Å². The Morgan fingerprint density at radius 1 is 1.05 bits per heavy atom. The maximum absolute atomic E-state index is 11.6. The summed E-state index contributed by atoms with van der Waals surface area (Å²) in [4.78, 5) is 11.6. The predicted octanol–water partition coefficient (Wildman–Crippen LogP) is 3.62. The van der Waals surface area contributed by atoms with Crippen molar-refractivity contribution in [1.82, 2.24) is 0 Å². The Balaban J connectivity index is 1.64. The fraction of sp³-hybridized carbons (Fsp3) is 0.471. The van der Waals surface area contributed by atoms with Gasteiger partial charge in [-0.1, -0.05) is 17.7 Å². The van der Waals surface area contributed by atoms with Crippen molar-refractivity contribution in [2.75, 3.05) is 6.61 Å². The molecule has 0 bridgehead atoms. The van der Waals surface area contributed by atoms with Crippen LogP contribution in [0.15, 0.2) is 29.8 Å². The zero-order valence-corrected chi connectivity index (χ0v) is 11.3. The Labute approximate surface area is 114 Å². The summed E-state index contributed by atoms with van der Waals surface area (Å²) in [6.07, 6.45) is 9.02. The lowest BCUT2D eigenvalue weighted by Gasteiger charge is -2.06. The molecular weight excluding hydrogens is 236 g/mol. The SMILES string of the molecule is O=C1C=C(CCc2ccc3c(c2)CCO3)CCCC1. The lowest BCUT2D eigenvalue weighted by molar-refractivity contribution is -0.114. The van der Waals surface area contributed by atoms with Crippen LogP contribution in [-0.4, -0.2) is 12.4 Å². The van der Waals surface area contributed by atoms with Gasteiger partial charge in [-0.2, -0.15) is 0 Å². The minimum Gasteiger partial charge on any atom is -0.493 e. The Bertz CT molecular complexity index is 514. The average molecular weight is 256 g/mol. The van der Waals surface area contributed by atoms with Gasteiger partial charge in [0.25, 0.3) is 0 Å². The molecule has 1 aromatic carbocycles. The van der Waals surface area contributed by atoms with Crippen molar-refractivity contribution in [2.24, 2.45) is 0 Å². The second kappa shape index (κ2) is 5.60. The third-order valence-electron chi connectivity index (χ3n) is 4.02. The van der Waals surface area contributed by atoms with Crippen molar-refractivity contribution in [3.8, 4) is 5.75 Å². The molecule has 2 heteroatoms. The van der Waals surface area contributed by atoms with Crippen molar-refractivity contribution in [3.63, 3.8) is 0 Å². The van der Waals surface area contributed by atoms with Gasteiger partial charge in [-0.3, -0.25) is 4.79 Å². The van der Waals surface area contributed by atoms with E-state index >= 15 is 0 Å². The molecule has 2 nitrogen and oxygen atoms in total. The Morgan fingerprint density at radius 2 is 1.95 bits per heavy atom. The zero-order valence-electron chi connectivity index (χ0n) is 11.3. The number of carbonyl (C=O) groups excluding carboxylic acids is 1. The number of ether oxygens (including phenoxy) is 1. The van der Waals surface area contributed by atoms with Gasteiger partial charge in [0.1, 0.15) is 5.75 Å². The maximum atomic E-state index is 11.6. The molecular formula is C17H20O2. The second-order valence-corrected chi connectivity index (χ2v) is 5.52. The molecule has 1 aliphatic carbocycles. The summed E-state index contributed by atoms with van der Waals surface area (Å²) < 4.78 is 5.52. The molecule has 1 aliphatic heterocycles. The van der Waals surface area contributed by atoms with Crippen LogP contribution in [0.25, 0.3) is 0 Å². The summed E-state index contributed by atoms with van der Waals surface area (Å²) in [6.45, 7) is 0.818. The highest BCUT2D eigenvalue weighted by Gasteiger charge is 2.13. The average Bonchev–Trinajstić information content (AvgIpc) is 2.78. The minimum atomic E-state index is 0.315. The fourth-order valence-electron chi connectivity index (χ4n) is 2.92. The van der Waals surface area contributed by atoms with E-state index in [0.29, 0.717) is 5.78 Å². The van der Waals surface area contributed by atoms with Crippen LogP contribution in [-0.2, 0) is 17.6 Å². The Hall–Kier alpha value is -1.57. The molecule has 19 heavy (non-hydrogen) atoms. The van der Waals surface area contributed by atoms with Gasteiger partial charge in [-0.25, -0.2) is 0 Å². The first kappa shape index (κ1) is 12.5. The lowest BCUT2D eigenvalue weighted by atomic mass is 9.99. The van der Waals surface area contributed by atoms with Crippen LogP contribution in [0, 0.1) is 0 Å². The molecule has 100 valence electrons. The summed E-state index contributed by atoms with van der Waals surface area (Å²) in [5, 5.41) is 0. The third-order valence-corrected chi connectivity index (χ3v) is 4.02. The molecule has 2 aliphatic rings. The molecule has 0 saturated carbocycles. The highest BCUT2D eigenvalue weighted by Crippen LogP contribution is 2.27. The number of ketones is 1. The summed E-state index contributed by atoms with van der Waals surface area (Å²) in [7, 11) is 0. The van der Waals surface area contributed by atoms with E-state index in [1.54, 1.807) is 0 Å². The van der Waals surface area contributed by atoms with E-state index in [9.17, 15) is 4.79 Å². The number of fused-ring (bicyclic) bond motifs is 1. The normalized spacial score (nSPS) is 18.5. The topological polar surface area (TPSA) is 26.3 Å². The van der Waals surface area contributed by atoms with Crippen LogP contribution in [0.2, 0.25) is 0 Å². The van der Waals surface area contributed by atoms with Crippen molar-refractivity contribution in [2.45, 2.75) is 44.9 Å². The first-order chi connectivity index (χ1) is 9.31. The number of benzene rings is 1. The molecule has 0 unspecified atom stereocenters. The molecule has 0 spiro atoms. The molecule has 0 fully saturated rings. The van der Waals surface area contributed by atoms with Crippen LogP contribution in [0.1, 0.15) is 43.2 Å². The summed E-state index contributed by atoms with van der Waals surface area (Å²) >= 11 is 0. The smallest absolute Gasteiger partial charge is 0.155 e. The molecule has 1 heterocycles. The molecule has 0 atom stereocenters. The number of rotatable bonds is 3. The molecule has 0 saturated heterocycles. The monoisotopic (exact) mass is 256 g/mol. The van der Waals surface area contributed by atoms with Crippen LogP contribution in [0.3, 0.4) is 0 Å². The van der Waals surface area contributed by atoms with Gasteiger partial charge in [-0.05, 0) is 55.4 Å². The van der Waals surface area contributed by atoms with Crippen molar-refractivity contribution in [1.29, 1.82) is 0 Å². The summed E-state index contributed by atoms with van der Waals surface area (Å²) in [5.74, 6) is 1.36. The van der Waals surface area contributed by atoms with E-state index < -0.39 is 0 Å². The predicted molar refractivity (Wildman–Crippen MR) is 75.5 cm³/mol. The van der Waals surface area contributed by atoms with Gasteiger partial charge < -0.3 is 4.74 Å². The maximum Gasteiger partial charge on any atom is 0.155 e. The van der Waals surface area contributed by atoms with Crippen molar-refractivity contribution >= 4 is 5.78 Å². The van der Waals surface area contributed by atoms with Crippen LogP contribution >= 0.6 is 0 Å². The first-order valence-corrected chi connectivity index (χ1v) is 7.28. The molecule has 0 aromatic heterocycles. The fourth-order valence-corrected chi connectivity index (χ4v) is 2.92. The quantitative estimate of drug-likeness (QED) is 0.825. The largest absolute Gasteiger partial charge is 0.493 e. The highest BCUT2D eigenvalue weighted by atomic mass is 16.5. The molecule has 0 N–H and O–H groups in total. The minimum absolute atomic E-state index is 0.315. The van der Waals surface area contributed by atoms with Gasteiger partial charge in [0.05, 0.1) is 6.61 Å².